The molecular weight excluding hydrogens is 1260 g/mol. The van der Waals surface area contributed by atoms with Gasteiger partial charge in [-0.25, -0.2) is 39.7 Å². The summed E-state index contributed by atoms with van der Waals surface area (Å²) in [4.78, 5) is 91.8. The number of aldehydes is 1. The van der Waals surface area contributed by atoms with Crippen molar-refractivity contribution in [1.29, 1.82) is 0 Å². The molecule has 92 heavy (non-hydrogen) atoms. The molecule has 12 heterocycles. The second kappa shape index (κ2) is 27.1. The Morgan fingerprint density at radius 3 is 1.23 bits per heavy atom. The minimum absolute atomic E-state index is 0.188. The number of hydrogen-bond donors (Lipinski definition) is 6. The zero-order chi connectivity index (χ0) is 66.9. The Balaban J connectivity index is 0.000000148. The number of nitrogens with zero attached hydrogens (tertiary/aromatic N) is 12. The van der Waals surface area contributed by atoms with Gasteiger partial charge in [-0.2, -0.15) is 52.7 Å². The fourth-order valence-corrected chi connectivity index (χ4v) is 7.44. The lowest BCUT2D eigenvalue weighted by Gasteiger charge is -2.04. The summed E-state index contributed by atoms with van der Waals surface area (Å²) >= 11 is 0. The Labute approximate surface area is 501 Å². The van der Waals surface area contributed by atoms with Crippen molar-refractivity contribution < 1.29 is 100 Å². The van der Waals surface area contributed by atoms with Gasteiger partial charge in [-0.3, -0.25) is 24.0 Å². The van der Waals surface area contributed by atoms with E-state index in [0.29, 0.717) is 51.5 Å². The number of aliphatic hydroxyl groups excluding tert-OH is 1. The molecule has 12 aromatic heterocycles. The van der Waals surface area contributed by atoms with Crippen molar-refractivity contribution in [2.45, 2.75) is 31.3 Å². The van der Waals surface area contributed by atoms with Crippen LogP contribution in [0, 0.1) is 0 Å². The Morgan fingerprint density at radius 1 is 0.489 bits per heavy atom. The van der Waals surface area contributed by atoms with Crippen molar-refractivity contribution in [2.75, 3.05) is 34.1 Å². The molecule has 0 saturated heterocycles. The number of imidazole rings is 5. The maximum atomic E-state index is 12.2. The van der Waals surface area contributed by atoms with Crippen LogP contribution in [-0.2, 0) is 30.5 Å². The van der Waals surface area contributed by atoms with E-state index in [-0.39, 0.29) is 41.1 Å². The number of amides is 4. The predicted octanol–water partition coefficient (Wildman–Crippen LogP) is 8.66. The van der Waals surface area contributed by atoms with E-state index in [1.54, 1.807) is 58.1 Å². The molecule has 0 aliphatic carbocycles. The van der Waals surface area contributed by atoms with Crippen molar-refractivity contribution in [1.82, 2.24) is 56.9 Å². The highest BCUT2D eigenvalue weighted by atomic mass is 19.4. The molecule has 478 valence electrons. The number of carbonyl (C=O) groups is 6. The third-order valence-electron chi connectivity index (χ3n) is 11.5. The van der Waals surface area contributed by atoms with E-state index in [4.69, 9.17) is 19.7 Å². The number of nitrogens with one attached hydrogen (secondary N) is 4. The second-order valence-corrected chi connectivity index (χ2v) is 18.1. The average molecular weight is 1300 g/mol. The molecule has 0 aromatic carbocycles. The van der Waals surface area contributed by atoms with Crippen molar-refractivity contribution in [3.8, 4) is 22.6 Å². The molecular formula is C53H37F12N17O10. The first-order chi connectivity index (χ1) is 43.4. The molecule has 0 aliphatic heterocycles. The lowest BCUT2D eigenvalue weighted by molar-refractivity contribution is -0.167. The molecule has 0 fully saturated rings. The van der Waals surface area contributed by atoms with Gasteiger partial charge in [0.2, 0.25) is 0 Å². The summed E-state index contributed by atoms with van der Waals surface area (Å²) in [5, 5.41) is 15.5. The van der Waals surface area contributed by atoms with E-state index in [2.05, 4.69) is 39.6 Å². The predicted molar refractivity (Wildman–Crippen MR) is 293 cm³/mol. The summed E-state index contributed by atoms with van der Waals surface area (Å²) in [6, 6.07) is 15.9. The van der Waals surface area contributed by atoms with E-state index in [0.717, 1.165) is 23.2 Å². The lowest BCUT2D eigenvalue weighted by atomic mass is 10.2. The van der Waals surface area contributed by atoms with E-state index in [1.807, 2.05) is 22.7 Å². The van der Waals surface area contributed by atoms with Crippen LogP contribution in [0.25, 0.3) is 50.9 Å². The number of fused-ring (bicyclic) bond motifs is 5. The van der Waals surface area contributed by atoms with E-state index in [1.165, 1.54) is 111 Å². The second-order valence-electron chi connectivity index (χ2n) is 18.1. The standard InChI is InChI=1S/C12H7F3N4O2.C11H8F3N3O3.C10H8F3N3O2.C10H6F3N3O2.C10H8N4O/c13-12(14,15)11(20)18-9-5-19-4-7(1-2-10(19)17-9)8-3-16-6-21-8;1-20-9(18)6-2-3-8-15-7(5-17(8)4-6)16-10(19)11(12,13)14;2*11-10(12,13)9(18)15-7-4-16-3-6(5-17)1-2-8(16)14-7;11-9-5-14-4-7(1-2-10(14)13-9)8-3-12-6-15-8/h1-6H,(H,18,20);2-5H,1H3,(H,16,19);1-4,17H,5H2,(H,15,18);1-5H,(H,15,18);1-6H,11H2. The highest BCUT2D eigenvalue weighted by molar-refractivity contribution is 5.96. The highest BCUT2D eigenvalue weighted by Crippen LogP contribution is 2.25. The smallest absolute Gasteiger partial charge is 0.465 e. The van der Waals surface area contributed by atoms with Crippen LogP contribution in [0.15, 0.2) is 157 Å². The summed E-state index contributed by atoms with van der Waals surface area (Å²) in [5.74, 6) is -8.11. The Morgan fingerprint density at radius 2 is 0.848 bits per heavy atom. The van der Waals surface area contributed by atoms with Gasteiger partial charge < -0.3 is 67.7 Å². The number of nitrogens with two attached hydrogens (primary N) is 1. The number of aromatic nitrogens is 12. The number of halogens is 12. The number of esters is 1. The topological polar surface area (TPSA) is 345 Å². The molecule has 4 amide bonds. The van der Waals surface area contributed by atoms with Crippen molar-refractivity contribution in [2.24, 2.45) is 0 Å². The van der Waals surface area contributed by atoms with Gasteiger partial charge in [0.1, 0.15) is 34.1 Å². The van der Waals surface area contributed by atoms with E-state index >= 15 is 0 Å². The zero-order valence-electron chi connectivity index (χ0n) is 45.7. The third kappa shape index (κ3) is 16.9. The summed E-state index contributed by atoms with van der Waals surface area (Å²) in [7, 11) is 1.20. The van der Waals surface area contributed by atoms with Crippen LogP contribution in [0.2, 0.25) is 0 Å². The Kier molecular flexibility index (Phi) is 19.3. The number of aliphatic hydroxyl groups is 1. The van der Waals surface area contributed by atoms with Gasteiger partial charge in [-0.1, -0.05) is 6.07 Å². The van der Waals surface area contributed by atoms with Crippen LogP contribution in [0.4, 0.5) is 81.8 Å². The Bertz CT molecular complexity index is 4630. The van der Waals surface area contributed by atoms with Gasteiger partial charge >= 0.3 is 54.3 Å². The number of oxazole rings is 2. The molecule has 0 atom stereocenters. The molecule has 0 unspecified atom stereocenters. The van der Waals surface area contributed by atoms with Gasteiger partial charge in [0.25, 0.3) is 0 Å². The molecule has 0 spiro atoms. The van der Waals surface area contributed by atoms with Gasteiger partial charge in [0.15, 0.2) is 53.9 Å². The molecule has 0 bridgehead atoms. The molecule has 0 radical (unpaired) electrons. The maximum absolute atomic E-state index is 12.2. The maximum Gasteiger partial charge on any atom is 0.471 e. The number of hydrogen-bond acceptors (Lipinski definition) is 18. The zero-order valence-corrected chi connectivity index (χ0v) is 45.7. The number of methoxy groups -OCH3 is 1. The highest BCUT2D eigenvalue weighted by Gasteiger charge is 2.41. The number of anilines is 5. The first kappa shape index (κ1) is 65.8. The van der Waals surface area contributed by atoms with E-state index < -0.39 is 54.3 Å². The molecule has 0 saturated carbocycles. The third-order valence-corrected chi connectivity index (χ3v) is 11.5. The first-order valence-corrected chi connectivity index (χ1v) is 25.0. The number of pyridine rings is 5. The minimum Gasteiger partial charge on any atom is -0.465 e. The van der Waals surface area contributed by atoms with E-state index in [9.17, 15) is 81.5 Å². The average Bonchev–Trinajstić information content (AvgIpc) is 1.99. The van der Waals surface area contributed by atoms with Gasteiger partial charge in [-0.15, -0.1) is 0 Å². The van der Waals surface area contributed by atoms with Crippen LogP contribution in [0.3, 0.4) is 0 Å². The molecule has 12 aromatic rings. The van der Waals surface area contributed by atoms with Crippen LogP contribution < -0.4 is 27.0 Å². The van der Waals surface area contributed by atoms with Crippen LogP contribution >= 0.6 is 0 Å². The van der Waals surface area contributed by atoms with Crippen molar-refractivity contribution in [3.63, 3.8) is 0 Å². The number of alkyl halides is 12. The molecule has 0 aliphatic rings. The molecule has 12 rings (SSSR count). The van der Waals surface area contributed by atoms with Crippen LogP contribution in [0.1, 0.15) is 26.3 Å². The fourth-order valence-electron chi connectivity index (χ4n) is 7.44. The Hall–Kier alpha value is -12.2. The van der Waals surface area contributed by atoms with Crippen molar-refractivity contribution >= 4 is 93.2 Å². The summed E-state index contributed by atoms with van der Waals surface area (Å²) in [6.07, 6.45) is 0.906. The lowest BCUT2D eigenvalue weighted by Crippen LogP contribution is -2.30. The van der Waals surface area contributed by atoms with Crippen LogP contribution in [-0.4, -0.2) is 130 Å². The quantitative estimate of drug-likeness (QED) is 0.0447. The number of rotatable bonds is 9. The van der Waals surface area contributed by atoms with Gasteiger partial charge in [0, 0.05) is 47.7 Å². The van der Waals surface area contributed by atoms with Crippen molar-refractivity contribution in [3.05, 3.63) is 165 Å². The number of nitrogen functional groups attached to an aromatic ring is 1. The monoisotopic (exact) mass is 1300 g/mol. The largest absolute Gasteiger partial charge is 0.471 e. The molecule has 27 nitrogen and oxygen atoms in total. The fraction of sp³-hybridized carbons (Fsp3) is 0.113. The number of ether oxygens (including phenoxy) is 1. The minimum atomic E-state index is -4.99. The summed E-state index contributed by atoms with van der Waals surface area (Å²) in [5.41, 5.74) is 10.5. The van der Waals surface area contributed by atoms with Gasteiger partial charge in [0.05, 0.1) is 62.7 Å². The van der Waals surface area contributed by atoms with Gasteiger partial charge in [-0.05, 0) is 60.2 Å². The molecule has 7 N–H and O–H groups in total. The molecule has 39 heteroatoms. The summed E-state index contributed by atoms with van der Waals surface area (Å²) in [6.45, 7) is -0.196. The number of carbonyl (C=O) groups excluding carboxylic acids is 6. The first-order valence-electron chi connectivity index (χ1n) is 25.0. The van der Waals surface area contributed by atoms with Crippen LogP contribution in [0.5, 0.6) is 0 Å². The SMILES string of the molecule is COC(=O)c1ccc2nc(NC(=O)C(F)(F)F)cn2c1.Nc1cn2cc(-c3cnco3)ccc2n1.O=C(Nc1cn2cc(-c3cnco3)ccc2n1)C(F)(F)F.O=C(Nc1cn2cc(CO)ccc2n1)C(F)(F)F.O=Cc1ccc2nc(NC(=O)C(F)(F)F)cn2c1. The summed E-state index contributed by atoms with van der Waals surface area (Å²) < 4.78 is 167. The normalized spacial score (nSPS) is 11.5.